The first-order valence-corrected chi connectivity index (χ1v) is 5.48. The van der Waals surface area contributed by atoms with E-state index in [2.05, 4.69) is 26.1 Å². The number of aromatic nitrogens is 2. The quantitative estimate of drug-likeness (QED) is 0.938. The first kappa shape index (κ1) is 11.2. The zero-order valence-electron chi connectivity index (χ0n) is 8.28. The summed E-state index contributed by atoms with van der Waals surface area (Å²) < 4.78 is 19.2. The summed E-state index contributed by atoms with van der Waals surface area (Å²) >= 11 is 3.18. The summed E-state index contributed by atoms with van der Waals surface area (Å²) in [5.41, 5.74) is 5.65. The summed E-state index contributed by atoms with van der Waals surface area (Å²) in [4.78, 5) is 4.05. The van der Waals surface area contributed by atoms with Gasteiger partial charge in [-0.3, -0.25) is 0 Å². The van der Waals surface area contributed by atoms with Crippen molar-refractivity contribution in [3.63, 3.8) is 0 Å². The standard InChI is InChI=1S/C10H9BrFN3O/c11-6-1-2-7(8(12)5-6)10-14-9(3-4-13)15-16-10/h1-2,5H,3-4,13H2. The van der Waals surface area contributed by atoms with Crippen LogP contribution in [0.3, 0.4) is 0 Å². The van der Waals surface area contributed by atoms with Crippen LogP contribution in [0, 0.1) is 5.82 Å². The van der Waals surface area contributed by atoms with E-state index in [-0.39, 0.29) is 5.89 Å². The number of hydrogen-bond acceptors (Lipinski definition) is 4. The van der Waals surface area contributed by atoms with Gasteiger partial charge in [0.15, 0.2) is 5.82 Å². The molecule has 2 aromatic rings. The number of rotatable bonds is 3. The molecular formula is C10H9BrFN3O. The highest BCUT2D eigenvalue weighted by atomic mass is 79.9. The zero-order chi connectivity index (χ0) is 11.5. The van der Waals surface area contributed by atoms with Crippen molar-refractivity contribution in [2.45, 2.75) is 6.42 Å². The molecule has 0 aliphatic rings. The maximum atomic E-state index is 13.5. The molecule has 1 heterocycles. The lowest BCUT2D eigenvalue weighted by molar-refractivity contribution is 0.420. The fourth-order valence-electron chi connectivity index (χ4n) is 1.26. The van der Waals surface area contributed by atoms with E-state index in [1.165, 1.54) is 6.07 Å². The van der Waals surface area contributed by atoms with Crippen molar-refractivity contribution >= 4 is 15.9 Å². The molecule has 0 amide bonds. The van der Waals surface area contributed by atoms with Crippen LogP contribution in [-0.2, 0) is 6.42 Å². The van der Waals surface area contributed by atoms with Crippen molar-refractivity contribution in [1.29, 1.82) is 0 Å². The molecule has 2 N–H and O–H groups in total. The normalized spacial score (nSPS) is 10.7. The van der Waals surface area contributed by atoms with Crippen LogP contribution in [0.2, 0.25) is 0 Å². The average molecular weight is 286 g/mol. The third kappa shape index (κ3) is 2.28. The second-order valence-corrected chi connectivity index (χ2v) is 4.09. The molecule has 16 heavy (non-hydrogen) atoms. The highest BCUT2D eigenvalue weighted by Gasteiger charge is 2.12. The minimum absolute atomic E-state index is 0.174. The number of nitrogens with two attached hydrogens (primary N) is 1. The Bertz CT molecular complexity index is 501. The second kappa shape index (κ2) is 4.71. The van der Waals surface area contributed by atoms with Crippen LogP contribution in [0.4, 0.5) is 4.39 Å². The molecule has 1 aromatic heterocycles. The van der Waals surface area contributed by atoms with E-state index in [1.54, 1.807) is 12.1 Å². The number of halogens is 2. The van der Waals surface area contributed by atoms with E-state index in [1.807, 2.05) is 0 Å². The molecule has 0 saturated carbocycles. The summed E-state index contributed by atoms with van der Waals surface area (Å²) in [6.07, 6.45) is 0.516. The lowest BCUT2D eigenvalue weighted by Gasteiger charge is -1.97. The van der Waals surface area contributed by atoms with Crippen LogP contribution in [0.25, 0.3) is 11.5 Å². The summed E-state index contributed by atoms with van der Waals surface area (Å²) in [6, 6.07) is 4.65. The molecule has 2 rings (SSSR count). The summed E-state index contributed by atoms with van der Waals surface area (Å²) in [5.74, 6) is 0.255. The maximum Gasteiger partial charge on any atom is 0.260 e. The summed E-state index contributed by atoms with van der Waals surface area (Å²) in [5, 5.41) is 3.70. The molecule has 1 aromatic carbocycles. The van der Waals surface area contributed by atoms with Crippen molar-refractivity contribution in [3.8, 4) is 11.5 Å². The van der Waals surface area contributed by atoms with Crippen molar-refractivity contribution < 1.29 is 8.91 Å². The predicted octanol–water partition coefficient (Wildman–Crippen LogP) is 2.14. The fourth-order valence-corrected chi connectivity index (χ4v) is 1.59. The molecule has 0 unspecified atom stereocenters. The zero-order valence-corrected chi connectivity index (χ0v) is 9.87. The molecule has 84 valence electrons. The predicted molar refractivity (Wildman–Crippen MR) is 60.2 cm³/mol. The number of hydrogen-bond donors (Lipinski definition) is 1. The smallest absolute Gasteiger partial charge is 0.260 e. The SMILES string of the molecule is NCCc1noc(-c2ccc(Br)cc2F)n1. The number of nitrogens with zero attached hydrogens (tertiary/aromatic N) is 2. The lowest BCUT2D eigenvalue weighted by Crippen LogP contribution is -2.03. The van der Waals surface area contributed by atoms with E-state index in [0.717, 1.165) is 0 Å². The van der Waals surface area contributed by atoms with Gasteiger partial charge in [-0.1, -0.05) is 21.1 Å². The molecular weight excluding hydrogens is 277 g/mol. The van der Waals surface area contributed by atoms with E-state index in [0.29, 0.717) is 28.8 Å². The van der Waals surface area contributed by atoms with Gasteiger partial charge < -0.3 is 10.3 Å². The van der Waals surface area contributed by atoms with Gasteiger partial charge in [0.1, 0.15) is 5.82 Å². The fraction of sp³-hybridized carbons (Fsp3) is 0.200. The third-order valence-electron chi connectivity index (χ3n) is 2.00. The minimum Gasteiger partial charge on any atom is -0.334 e. The van der Waals surface area contributed by atoms with Gasteiger partial charge in [0, 0.05) is 10.9 Å². The van der Waals surface area contributed by atoms with Crippen LogP contribution in [0.5, 0.6) is 0 Å². The molecule has 0 fully saturated rings. The van der Waals surface area contributed by atoms with Gasteiger partial charge in [0.2, 0.25) is 0 Å². The van der Waals surface area contributed by atoms with Crippen LogP contribution in [-0.4, -0.2) is 16.7 Å². The van der Waals surface area contributed by atoms with Crippen molar-refractivity contribution in [2.75, 3.05) is 6.54 Å². The maximum absolute atomic E-state index is 13.5. The van der Waals surface area contributed by atoms with Crippen LogP contribution in [0.1, 0.15) is 5.82 Å². The molecule has 0 bridgehead atoms. The van der Waals surface area contributed by atoms with Crippen LogP contribution in [0.15, 0.2) is 27.2 Å². The molecule has 6 heteroatoms. The Morgan fingerprint density at radius 2 is 2.25 bits per heavy atom. The van der Waals surface area contributed by atoms with Crippen molar-refractivity contribution in [3.05, 3.63) is 34.3 Å². The van der Waals surface area contributed by atoms with Crippen LogP contribution < -0.4 is 5.73 Å². The Balaban J connectivity index is 2.35. The third-order valence-corrected chi connectivity index (χ3v) is 2.49. The summed E-state index contributed by atoms with van der Waals surface area (Å²) in [7, 11) is 0. The highest BCUT2D eigenvalue weighted by molar-refractivity contribution is 9.10. The molecule has 0 radical (unpaired) electrons. The number of benzene rings is 1. The van der Waals surface area contributed by atoms with Crippen molar-refractivity contribution in [2.24, 2.45) is 5.73 Å². The second-order valence-electron chi connectivity index (χ2n) is 3.18. The first-order chi connectivity index (χ1) is 7.70. The van der Waals surface area contributed by atoms with E-state index >= 15 is 0 Å². The largest absolute Gasteiger partial charge is 0.334 e. The Morgan fingerprint density at radius 1 is 1.44 bits per heavy atom. The van der Waals surface area contributed by atoms with E-state index in [4.69, 9.17) is 10.3 Å². The Hall–Kier alpha value is -1.27. The van der Waals surface area contributed by atoms with Gasteiger partial charge in [-0.25, -0.2) is 4.39 Å². The lowest BCUT2D eigenvalue weighted by atomic mass is 10.2. The van der Waals surface area contributed by atoms with Gasteiger partial charge in [-0.05, 0) is 24.7 Å². The van der Waals surface area contributed by atoms with Gasteiger partial charge >= 0.3 is 0 Å². The minimum atomic E-state index is -0.405. The van der Waals surface area contributed by atoms with Gasteiger partial charge in [-0.2, -0.15) is 4.98 Å². The van der Waals surface area contributed by atoms with E-state index < -0.39 is 5.82 Å². The first-order valence-electron chi connectivity index (χ1n) is 4.69. The van der Waals surface area contributed by atoms with Crippen LogP contribution >= 0.6 is 15.9 Å². The molecule has 0 saturated heterocycles. The molecule has 0 aliphatic carbocycles. The monoisotopic (exact) mass is 285 g/mol. The highest BCUT2D eigenvalue weighted by Crippen LogP contribution is 2.23. The molecule has 4 nitrogen and oxygen atoms in total. The summed E-state index contributed by atoms with van der Waals surface area (Å²) in [6.45, 7) is 0.432. The molecule has 0 atom stereocenters. The van der Waals surface area contributed by atoms with Gasteiger partial charge in [0.05, 0.1) is 5.56 Å². The Labute approximate surface area is 99.8 Å². The topological polar surface area (TPSA) is 64.9 Å². The molecule has 0 aliphatic heterocycles. The Kier molecular flexibility index (Phi) is 3.31. The van der Waals surface area contributed by atoms with Gasteiger partial charge in [0.25, 0.3) is 5.89 Å². The van der Waals surface area contributed by atoms with E-state index in [9.17, 15) is 4.39 Å². The average Bonchev–Trinajstić information content (AvgIpc) is 2.67. The molecule has 0 spiro atoms. The Morgan fingerprint density at radius 3 is 2.94 bits per heavy atom. The van der Waals surface area contributed by atoms with Crippen molar-refractivity contribution in [1.82, 2.24) is 10.1 Å². The van der Waals surface area contributed by atoms with Gasteiger partial charge in [-0.15, -0.1) is 0 Å².